The Labute approximate surface area is 102 Å². The van der Waals surface area contributed by atoms with E-state index in [1.165, 1.54) is 24.8 Å². The summed E-state index contributed by atoms with van der Waals surface area (Å²) in [5.74, 6) is 0. The highest BCUT2D eigenvalue weighted by Crippen LogP contribution is 2.25. The van der Waals surface area contributed by atoms with Gasteiger partial charge in [-0.2, -0.15) is 0 Å². The van der Waals surface area contributed by atoms with Crippen molar-refractivity contribution in [2.45, 2.75) is 49.4 Å². The van der Waals surface area contributed by atoms with Gasteiger partial charge in [-0.3, -0.25) is 0 Å². The van der Waals surface area contributed by atoms with Crippen molar-refractivity contribution in [3.63, 3.8) is 0 Å². The van der Waals surface area contributed by atoms with Crippen LogP contribution in [0.15, 0.2) is 23.4 Å². The van der Waals surface area contributed by atoms with Gasteiger partial charge in [0, 0.05) is 17.5 Å². The molecule has 0 spiro atoms. The molecule has 1 aromatic rings. The number of nitrogens with zero attached hydrogens (tertiary/aromatic N) is 1. The molecule has 1 aliphatic rings. The second-order valence-electron chi connectivity index (χ2n) is 4.60. The van der Waals surface area contributed by atoms with Crippen molar-refractivity contribution < 1.29 is 0 Å². The number of aromatic nitrogens is 1. The van der Waals surface area contributed by atoms with E-state index in [0.29, 0.717) is 11.3 Å². The summed E-state index contributed by atoms with van der Waals surface area (Å²) in [6.45, 7) is 5.54. The first-order valence-electron chi connectivity index (χ1n) is 6.11. The molecule has 0 aromatic carbocycles. The number of pyridine rings is 1. The summed E-state index contributed by atoms with van der Waals surface area (Å²) < 4.78 is 0. The van der Waals surface area contributed by atoms with Crippen LogP contribution >= 0.6 is 11.8 Å². The minimum absolute atomic E-state index is 0.527. The monoisotopic (exact) mass is 236 g/mol. The summed E-state index contributed by atoms with van der Waals surface area (Å²) in [7, 11) is 0. The van der Waals surface area contributed by atoms with Crippen LogP contribution in [0.4, 0.5) is 0 Å². The largest absolute Gasteiger partial charge is 0.310 e. The molecule has 1 aromatic heterocycles. The zero-order chi connectivity index (χ0) is 11.4. The number of rotatable bonds is 3. The molecule has 2 rings (SSSR count). The molecular formula is C13H20N2S. The fourth-order valence-electron chi connectivity index (χ4n) is 2.05. The Morgan fingerprint density at radius 1 is 1.38 bits per heavy atom. The average molecular weight is 236 g/mol. The van der Waals surface area contributed by atoms with E-state index in [9.17, 15) is 0 Å². The molecule has 1 unspecified atom stereocenters. The fraction of sp³-hybridized carbons (Fsp3) is 0.615. The molecule has 0 saturated carbocycles. The number of hydrogen-bond acceptors (Lipinski definition) is 3. The lowest BCUT2D eigenvalue weighted by atomic mass is 9.99. The van der Waals surface area contributed by atoms with Gasteiger partial charge in [-0.25, -0.2) is 4.98 Å². The highest BCUT2D eigenvalue weighted by atomic mass is 32.2. The molecule has 2 heterocycles. The van der Waals surface area contributed by atoms with Crippen LogP contribution in [-0.2, 0) is 0 Å². The predicted molar refractivity (Wildman–Crippen MR) is 69.8 cm³/mol. The molecule has 1 N–H and O–H groups in total. The molecule has 1 aliphatic heterocycles. The Kier molecular flexibility index (Phi) is 4.24. The lowest BCUT2D eigenvalue weighted by Gasteiger charge is -2.23. The topological polar surface area (TPSA) is 24.9 Å². The summed E-state index contributed by atoms with van der Waals surface area (Å²) in [5.41, 5.74) is 1.34. The highest BCUT2D eigenvalue weighted by molar-refractivity contribution is 7.99. The lowest BCUT2D eigenvalue weighted by molar-refractivity contribution is 0.411. The Morgan fingerprint density at radius 2 is 2.25 bits per heavy atom. The van der Waals surface area contributed by atoms with Gasteiger partial charge >= 0.3 is 0 Å². The first-order chi connectivity index (χ1) is 7.75. The quantitative estimate of drug-likeness (QED) is 0.814. The normalized spacial score (nSPS) is 21.3. The Hall–Kier alpha value is -0.540. The van der Waals surface area contributed by atoms with Crippen molar-refractivity contribution in [1.82, 2.24) is 10.3 Å². The van der Waals surface area contributed by atoms with Crippen molar-refractivity contribution in [3.05, 3.63) is 23.9 Å². The van der Waals surface area contributed by atoms with E-state index < -0.39 is 0 Å². The minimum Gasteiger partial charge on any atom is -0.310 e. The summed E-state index contributed by atoms with van der Waals surface area (Å²) in [6, 6.07) is 4.90. The van der Waals surface area contributed by atoms with Crippen molar-refractivity contribution in [2.75, 3.05) is 6.54 Å². The van der Waals surface area contributed by atoms with Gasteiger partial charge < -0.3 is 5.32 Å². The molecule has 88 valence electrons. The second-order valence-corrected chi connectivity index (χ2v) is 6.20. The molecule has 1 atom stereocenters. The predicted octanol–water partition coefficient (Wildman–Crippen LogP) is 3.40. The average Bonchev–Trinajstić information content (AvgIpc) is 2.30. The number of thioether (sulfide) groups is 1. The fourth-order valence-corrected chi connectivity index (χ4v) is 2.79. The van der Waals surface area contributed by atoms with Crippen LogP contribution in [0.5, 0.6) is 0 Å². The third kappa shape index (κ3) is 3.22. The number of hydrogen-bond donors (Lipinski definition) is 1. The van der Waals surface area contributed by atoms with E-state index in [1.807, 2.05) is 18.0 Å². The van der Waals surface area contributed by atoms with Crippen molar-refractivity contribution in [3.8, 4) is 0 Å². The van der Waals surface area contributed by atoms with E-state index in [0.717, 1.165) is 11.6 Å². The van der Waals surface area contributed by atoms with Gasteiger partial charge in [0.15, 0.2) is 0 Å². The number of nitrogens with one attached hydrogen (secondary N) is 1. The Balaban J connectivity index is 2.00. The van der Waals surface area contributed by atoms with E-state index in [-0.39, 0.29) is 0 Å². The van der Waals surface area contributed by atoms with Gasteiger partial charge in [-0.05, 0) is 31.0 Å². The van der Waals surface area contributed by atoms with Gasteiger partial charge in [-0.15, -0.1) is 11.8 Å². The van der Waals surface area contributed by atoms with Crippen LogP contribution in [0.3, 0.4) is 0 Å². The Morgan fingerprint density at radius 3 is 2.81 bits per heavy atom. The maximum absolute atomic E-state index is 4.52. The summed E-state index contributed by atoms with van der Waals surface area (Å²) in [6.07, 6.45) is 5.93. The molecule has 16 heavy (non-hydrogen) atoms. The summed E-state index contributed by atoms with van der Waals surface area (Å²) in [4.78, 5) is 4.52. The molecule has 0 radical (unpaired) electrons. The van der Waals surface area contributed by atoms with Gasteiger partial charge in [-0.1, -0.05) is 26.3 Å². The number of piperidine rings is 1. The third-order valence-electron chi connectivity index (χ3n) is 2.83. The molecule has 1 fully saturated rings. The highest BCUT2D eigenvalue weighted by Gasteiger charge is 2.14. The van der Waals surface area contributed by atoms with Crippen molar-refractivity contribution >= 4 is 11.8 Å². The molecule has 0 bridgehead atoms. The van der Waals surface area contributed by atoms with E-state index in [2.05, 4.69) is 36.3 Å². The van der Waals surface area contributed by atoms with Crippen LogP contribution in [0, 0.1) is 0 Å². The van der Waals surface area contributed by atoms with E-state index in [4.69, 9.17) is 0 Å². The van der Waals surface area contributed by atoms with Crippen LogP contribution in [0.2, 0.25) is 0 Å². The lowest BCUT2D eigenvalue weighted by Crippen LogP contribution is -2.26. The molecular weight excluding hydrogens is 216 g/mol. The van der Waals surface area contributed by atoms with Crippen molar-refractivity contribution in [1.29, 1.82) is 0 Å². The van der Waals surface area contributed by atoms with Crippen molar-refractivity contribution in [2.24, 2.45) is 0 Å². The minimum atomic E-state index is 0.527. The molecule has 1 saturated heterocycles. The third-order valence-corrected chi connectivity index (χ3v) is 3.78. The van der Waals surface area contributed by atoms with Crippen LogP contribution < -0.4 is 5.32 Å². The molecule has 2 nitrogen and oxygen atoms in total. The maximum atomic E-state index is 4.52. The smallest absolute Gasteiger partial charge is 0.0962 e. The van der Waals surface area contributed by atoms with Gasteiger partial charge in [0.1, 0.15) is 0 Å². The summed E-state index contributed by atoms with van der Waals surface area (Å²) in [5, 5.41) is 5.29. The zero-order valence-corrected chi connectivity index (χ0v) is 10.9. The first kappa shape index (κ1) is 11.9. The van der Waals surface area contributed by atoms with Crippen LogP contribution in [0.25, 0.3) is 0 Å². The van der Waals surface area contributed by atoms with Crippen LogP contribution in [-0.4, -0.2) is 16.8 Å². The first-order valence-corrected chi connectivity index (χ1v) is 6.99. The zero-order valence-electron chi connectivity index (χ0n) is 10.1. The van der Waals surface area contributed by atoms with E-state index >= 15 is 0 Å². The SMILES string of the molecule is CC(C)Sc1ccc(C2CCCCN2)cn1. The summed E-state index contributed by atoms with van der Waals surface area (Å²) >= 11 is 1.82. The molecule has 0 aliphatic carbocycles. The van der Waals surface area contributed by atoms with Gasteiger partial charge in [0.05, 0.1) is 5.03 Å². The van der Waals surface area contributed by atoms with Crippen LogP contribution in [0.1, 0.15) is 44.7 Å². The van der Waals surface area contributed by atoms with E-state index in [1.54, 1.807) is 0 Å². The molecule has 0 amide bonds. The standard InChI is InChI=1S/C13H20N2S/c1-10(2)16-13-7-6-11(9-15-13)12-5-3-4-8-14-12/h6-7,9-10,12,14H,3-5,8H2,1-2H3. The Bertz CT molecular complexity index is 315. The molecule has 3 heteroatoms. The maximum Gasteiger partial charge on any atom is 0.0962 e. The second kappa shape index (κ2) is 5.69. The van der Waals surface area contributed by atoms with Gasteiger partial charge in [0.2, 0.25) is 0 Å². The van der Waals surface area contributed by atoms with Gasteiger partial charge in [0.25, 0.3) is 0 Å².